The van der Waals surface area contributed by atoms with Gasteiger partial charge in [-0.1, -0.05) is 30.3 Å². The van der Waals surface area contributed by atoms with Gasteiger partial charge in [-0.15, -0.1) is 0 Å². The first kappa shape index (κ1) is 13.7. The lowest BCUT2D eigenvalue weighted by Crippen LogP contribution is -2.53. The molecule has 0 N–H and O–H groups in total. The fourth-order valence-corrected chi connectivity index (χ4v) is 2.42. The van der Waals surface area contributed by atoms with Crippen LogP contribution in [0.5, 0.6) is 0 Å². The number of carbonyl (C=O) groups excluding carboxylic acids is 2. The predicted molar refractivity (Wildman–Crippen MR) is 73.6 cm³/mol. The van der Waals surface area contributed by atoms with Crippen molar-refractivity contribution >= 4 is 11.8 Å². The number of benzene rings is 1. The minimum atomic E-state index is -0.159. The van der Waals surface area contributed by atoms with Gasteiger partial charge in [-0.25, -0.2) is 0 Å². The standard InChI is InChI=1S/C15H20N2O2/c1-16(2)13-8-9-14(18)17(15(13)19)11-10-12-6-4-3-5-7-12/h3-7,13H,8-11H2,1-2H3. The average Bonchev–Trinajstić information content (AvgIpc) is 2.39. The maximum Gasteiger partial charge on any atom is 0.246 e. The van der Waals surface area contributed by atoms with Gasteiger partial charge in [-0.3, -0.25) is 19.4 Å². The molecule has 0 aromatic heterocycles. The molecule has 1 aliphatic heterocycles. The van der Waals surface area contributed by atoms with Crippen LogP contribution in [0.4, 0.5) is 0 Å². The second-order valence-electron chi connectivity index (χ2n) is 5.14. The number of hydrogen-bond donors (Lipinski definition) is 0. The Kier molecular flexibility index (Phi) is 4.32. The van der Waals surface area contributed by atoms with Crippen LogP contribution in [0.25, 0.3) is 0 Å². The lowest BCUT2D eigenvalue weighted by atomic mass is 10.0. The van der Waals surface area contributed by atoms with Gasteiger partial charge in [0.25, 0.3) is 0 Å². The molecule has 1 aromatic rings. The Balaban J connectivity index is 2.01. The van der Waals surface area contributed by atoms with E-state index in [9.17, 15) is 9.59 Å². The van der Waals surface area contributed by atoms with Gasteiger partial charge in [0.15, 0.2) is 0 Å². The molecule has 1 aromatic carbocycles. The van der Waals surface area contributed by atoms with Crippen LogP contribution in [0.1, 0.15) is 18.4 Å². The van der Waals surface area contributed by atoms with Crippen molar-refractivity contribution in [2.45, 2.75) is 25.3 Å². The molecule has 1 atom stereocenters. The van der Waals surface area contributed by atoms with Gasteiger partial charge in [0.05, 0.1) is 6.04 Å². The second-order valence-corrected chi connectivity index (χ2v) is 5.14. The van der Waals surface area contributed by atoms with E-state index in [0.717, 1.165) is 12.0 Å². The second kappa shape index (κ2) is 5.97. The summed E-state index contributed by atoms with van der Waals surface area (Å²) in [6, 6.07) is 9.77. The zero-order valence-corrected chi connectivity index (χ0v) is 11.5. The van der Waals surface area contributed by atoms with Crippen molar-refractivity contribution in [3.8, 4) is 0 Å². The maximum absolute atomic E-state index is 12.3. The van der Waals surface area contributed by atoms with Crippen LogP contribution in [-0.4, -0.2) is 48.3 Å². The van der Waals surface area contributed by atoms with Crippen molar-refractivity contribution in [1.29, 1.82) is 0 Å². The molecule has 0 spiro atoms. The highest BCUT2D eigenvalue weighted by molar-refractivity contribution is 6.00. The summed E-state index contributed by atoms with van der Waals surface area (Å²) in [5.41, 5.74) is 1.15. The Hall–Kier alpha value is -1.68. The van der Waals surface area contributed by atoms with Gasteiger partial charge in [-0.2, -0.15) is 0 Å². The van der Waals surface area contributed by atoms with Crippen LogP contribution in [0, 0.1) is 0 Å². The molecule has 1 fully saturated rings. The highest BCUT2D eigenvalue weighted by Gasteiger charge is 2.34. The summed E-state index contributed by atoms with van der Waals surface area (Å²) in [7, 11) is 3.77. The first-order valence-electron chi connectivity index (χ1n) is 6.64. The number of amides is 2. The monoisotopic (exact) mass is 260 g/mol. The lowest BCUT2D eigenvalue weighted by molar-refractivity contribution is -0.152. The van der Waals surface area contributed by atoms with E-state index < -0.39 is 0 Å². The first-order chi connectivity index (χ1) is 9.09. The van der Waals surface area contributed by atoms with E-state index in [1.807, 2.05) is 49.3 Å². The van der Waals surface area contributed by atoms with Crippen molar-refractivity contribution in [3.05, 3.63) is 35.9 Å². The molecule has 1 unspecified atom stereocenters. The number of hydrogen-bond acceptors (Lipinski definition) is 3. The fraction of sp³-hybridized carbons (Fsp3) is 0.467. The number of likely N-dealkylation sites (tertiary alicyclic amines) is 1. The summed E-state index contributed by atoms with van der Waals surface area (Å²) in [5.74, 6) is -0.101. The average molecular weight is 260 g/mol. The molecule has 0 bridgehead atoms. The van der Waals surface area contributed by atoms with E-state index in [1.165, 1.54) is 4.90 Å². The van der Waals surface area contributed by atoms with Gasteiger partial charge in [0, 0.05) is 13.0 Å². The van der Waals surface area contributed by atoms with Gasteiger partial charge >= 0.3 is 0 Å². The number of piperidine rings is 1. The summed E-state index contributed by atoms with van der Waals surface area (Å²) in [4.78, 5) is 27.5. The molecule has 102 valence electrons. The maximum atomic E-state index is 12.3. The normalized spacial score (nSPS) is 20.2. The van der Waals surface area contributed by atoms with E-state index in [2.05, 4.69) is 0 Å². The van der Waals surface area contributed by atoms with Crippen molar-refractivity contribution in [2.24, 2.45) is 0 Å². The lowest BCUT2D eigenvalue weighted by Gasteiger charge is -2.33. The minimum Gasteiger partial charge on any atom is -0.298 e. The summed E-state index contributed by atoms with van der Waals surface area (Å²) < 4.78 is 0. The molecule has 19 heavy (non-hydrogen) atoms. The number of likely N-dealkylation sites (N-methyl/N-ethyl adjacent to an activating group) is 1. The molecule has 4 heteroatoms. The SMILES string of the molecule is CN(C)C1CCC(=O)N(CCc2ccccc2)C1=O. The Morgan fingerprint density at radius 1 is 1.21 bits per heavy atom. The molecule has 1 aliphatic rings. The molecule has 0 aliphatic carbocycles. The molecule has 1 heterocycles. The van der Waals surface area contributed by atoms with Crippen LogP contribution >= 0.6 is 0 Å². The predicted octanol–water partition coefficient (Wildman–Crippen LogP) is 1.31. The summed E-state index contributed by atoms with van der Waals surface area (Å²) >= 11 is 0. The third-order valence-electron chi connectivity index (χ3n) is 3.57. The molecule has 0 radical (unpaired) electrons. The Morgan fingerprint density at radius 3 is 2.53 bits per heavy atom. The fourth-order valence-electron chi connectivity index (χ4n) is 2.42. The van der Waals surface area contributed by atoms with Gasteiger partial charge in [0.2, 0.25) is 11.8 Å². The van der Waals surface area contributed by atoms with E-state index in [-0.39, 0.29) is 17.9 Å². The number of imide groups is 1. The highest BCUT2D eigenvalue weighted by atomic mass is 16.2. The molecule has 1 saturated heterocycles. The first-order valence-corrected chi connectivity index (χ1v) is 6.64. The quantitative estimate of drug-likeness (QED) is 0.766. The molecular formula is C15H20N2O2. The van der Waals surface area contributed by atoms with Crippen molar-refractivity contribution in [2.75, 3.05) is 20.6 Å². The third kappa shape index (κ3) is 3.20. The largest absolute Gasteiger partial charge is 0.298 e. The zero-order chi connectivity index (χ0) is 13.8. The highest BCUT2D eigenvalue weighted by Crippen LogP contribution is 2.17. The van der Waals surface area contributed by atoms with Crippen molar-refractivity contribution in [3.63, 3.8) is 0 Å². The molecule has 2 amide bonds. The van der Waals surface area contributed by atoms with E-state index in [4.69, 9.17) is 0 Å². The van der Waals surface area contributed by atoms with Crippen LogP contribution in [0.15, 0.2) is 30.3 Å². The van der Waals surface area contributed by atoms with Crippen LogP contribution < -0.4 is 0 Å². The van der Waals surface area contributed by atoms with Crippen molar-refractivity contribution < 1.29 is 9.59 Å². The van der Waals surface area contributed by atoms with Gasteiger partial charge in [0.1, 0.15) is 0 Å². The minimum absolute atomic E-state index is 0.0426. The summed E-state index contributed by atoms with van der Waals surface area (Å²) in [5, 5.41) is 0. The zero-order valence-electron chi connectivity index (χ0n) is 11.5. The Morgan fingerprint density at radius 2 is 1.89 bits per heavy atom. The van der Waals surface area contributed by atoms with Crippen LogP contribution in [0.3, 0.4) is 0 Å². The van der Waals surface area contributed by atoms with Crippen LogP contribution in [-0.2, 0) is 16.0 Å². The van der Waals surface area contributed by atoms with Gasteiger partial charge in [-0.05, 0) is 32.5 Å². The van der Waals surface area contributed by atoms with E-state index in [0.29, 0.717) is 19.4 Å². The van der Waals surface area contributed by atoms with E-state index in [1.54, 1.807) is 0 Å². The Labute approximate surface area is 114 Å². The number of rotatable bonds is 4. The summed E-state index contributed by atoms with van der Waals surface area (Å²) in [6.07, 6.45) is 1.81. The van der Waals surface area contributed by atoms with Crippen LogP contribution in [0.2, 0.25) is 0 Å². The number of carbonyl (C=O) groups is 2. The molecule has 4 nitrogen and oxygen atoms in total. The number of nitrogens with zero attached hydrogens (tertiary/aromatic N) is 2. The summed E-state index contributed by atoms with van der Waals surface area (Å²) in [6.45, 7) is 0.478. The smallest absolute Gasteiger partial charge is 0.246 e. The molecular weight excluding hydrogens is 240 g/mol. The molecule has 2 rings (SSSR count). The van der Waals surface area contributed by atoms with Crippen molar-refractivity contribution in [1.82, 2.24) is 9.80 Å². The molecule has 0 saturated carbocycles. The Bertz CT molecular complexity index is 456. The topological polar surface area (TPSA) is 40.6 Å². The van der Waals surface area contributed by atoms with E-state index >= 15 is 0 Å². The third-order valence-corrected chi connectivity index (χ3v) is 3.57. The van der Waals surface area contributed by atoms with Gasteiger partial charge < -0.3 is 0 Å².